The average molecular weight is 465 g/mol. The number of nitrogens with two attached hydrogens (primary N) is 1. The number of aryl methyl sites for hydroxylation is 1. The van der Waals surface area contributed by atoms with Crippen LogP contribution in [0.2, 0.25) is 0 Å². The first-order chi connectivity index (χ1) is 15.5. The average Bonchev–Trinajstić information content (AvgIpc) is 3.42. The molecule has 0 unspecified atom stereocenters. The Kier molecular flexibility index (Phi) is 6.52. The highest BCUT2D eigenvalue weighted by Crippen LogP contribution is 2.24. The van der Waals surface area contributed by atoms with E-state index >= 15 is 0 Å². The zero-order chi connectivity index (χ0) is 22.5. The first-order valence-corrected chi connectivity index (χ1v) is 11.4. The molecule has 0 spiro atoms. The van der Waals surface area contributed by atoms with Crippen LogP contribution in [0.15, 0.2) is 60.0 Å². The summed E-state index contributed by atoms with van der Waals surface area (Å²) in [7, 11) is 0. The fourth-order valence-corrected chi connectivity index (χ4v) is 4.29. The van der Waals surface area contributed by atoms with E-state index in [1.54, 1.807) is 19.1 Å². The Morgan fingerprint density at radius 2 is 1.84 bits per heavy atom. The second-order valence-electron chi connectivity index (χ2n) is 7.03. The zero-order valence-corrected chi connectivity index (χ0v) is 18.8. The Bertz CT molecular complexity index is 1220. The van der Waals surface area contributed by atoms with E-state index in [9.17, 15) is 9.59 Å². The number of carbonyl (C=O) groups excluding carboxylic acids is 2. The number of thiazole rings is 1. The summed E-state index contributed by atoms with van der Waals surface area (Å²) in [5.41, 5.74) is 9.50. The van der Waals surface area contributed by atoms with E-state index in [0.29, 0.717) is 27.9 Å². The number of amides is 2. The molecule has 0 atom stereocenters. The molecule has 0 saturated carbocycles. The molecule has 0 aliphatic rings. The van der Waals surface area contributed by atoms with Crippen LogP contribution in [-0.4, -0.2) is 37.8 Å². The number of hydrogen-bond acceptors (Lipinski definition) is 8. The van der Waals surface area contributed by atoms with Crippen molar-refractivity contribution in [3.8, 4) is 11.3 Å². The fraction of sp³-hybridized carbons (Fsp3) is 0.136. The molecule has 0 bridgehead atoms. The number of nitrogens with one attached hydrogen (secondary N) is 1. The molecule has 4 aromatic rings. The van der Waals surface area contributed by atoms with Gasteiger partial charge in [0.15, 0.2) is 5.13 Å². The van der Waals surface area contributed by atoms with E-state index in [4.69, 9.17) is 5.73 Å². The number of benzene rings is 2. The molecule has 0 aliphatic heterocycles. The number of carbonyl (C=O) groups is 2. The van der Waals surface area contributed by atoms with Crippen molar-refractivity contribution >= 4 is 45.5 Å². The van der Waals surface area contributed by atoms with Gasteiger partial charge in [-0.3, -0.25) is 9.59 Å². The van der Waals surface area contributed by atoms with Crippen molar-refractivity contribution in [2.24, 2.45) is 0 Å². The second kappa shape index (κ2) is 9.67. The van der Waals surface area contributed by atoms with E-state index in [0.717, 1.165) is 28.4 Å². The summed E-state index contributed by atoms with van der Waals surface area (Å²) in [5, 5.41) is 9.16. The third kappa shape index (κ3) is 5.16. The molecule has 8 nitrogen and oxygen atoms in total. The molecule has 2 amide bonds. The van der Waals surface area contributed by atoms with Gasteiger partial charge in [0.1, 0.15) is 11.4 Å². The quantitative estimate of drug-likeness (QED) is 0.430. The third-order valence-electron chi connectivity index (χ3n) is 4.67. The Balaban J connectivity index is 1.47. The van der Waals surface area contributed by atoms with Crippen LogP contribution in [0.5, 0.6) is 0 Å². The SMILES string of the molecule is Cc1nnsc1C(=O)N(CC(=O)Nc1ccc(-c2csc(N)n2)cc1)Cc1ccccc1. The van der Waals surface area contributed by atoms with Crippen LogP contribution in [-0.2, 0) is 11.3 Å². The maximum absolute atomic E-state index is 13.1. The minimum Gasteiger partial charge on any atom is -0.375 e. The minimum absolute atomic E-state index is 0.102. The molecule has 0 saturated heterocycles. The summed E-state index contributed by atoms with van der Waals surface area (Å²) in [6, 6.07) is 16.9. The zero-order valence-electron chi connectivity index (χ0n) is 17.2. The van der Waals surface area contributed by atoms with Crippen LogP contribution in [0.4, 0.5) is 10.8 Å². The summed E-state index contributed by atoms with van der Waals surface area (Å²) >= 11 is 2.41. The Morgan fingerprint density at radius 3 is 2.47 bits per heavy atom. The monoisotopic (exact) mass is 464 g/mol. The van der Waals surface area contributed by atoms with Gasteiger partial charge in [0.05, 0.1) is 11.4 Å². The van der Waals surface area contributed by atoms with Crippen LogP contribution in [0.25, 0.3) is 11.3 Å². The molecule has 4 rings (SSSR count). The smallest absolute Gasteiger partial charge is 0.268 e. The Labute approximate surface area is 192 Å². The largest absolute Gasteiger partial charge is 0.375 e. The topological polar surface area (TPSA) is 114 Å². The number of nitrogen functional groups attached to an aromatic ring is 1. The fourth-order valence-electron chi connectivity index (χ4n) is 3.09. The number of nitrogens with zero attached hydrogens (tertiary/aromatic N) is 4. The predicted molar refractivity (Wildman–Crippen MR) is 126 cm³/mol. The molecule has 162 valence electrons. The summed E-state index contributed by atoms with van der Waals surface area (Å²) in [6.45, 7) is 1.93. The first kappa shape index (κ1) is 21.6. The normalized spacial score (nSPS) is 10.7. The van der Waals surface area contributed by atoms with Gasteiger partial charge >= 0.3 is 0 Å². The highest BCUT2D eigenvalue weighted by molar-refractivity contribution is 7.13. The molecule has 0 radical (unpaired) electrons. The molecule has 3 N–H and O–H groups in total. The van der Waals surface area contributed by atoms with Crippen LogP contribution < -0.4 is 11.1 Å². The lowest BCUT2D eigenvalue weighted by atomic mass is 10.1. The molecule has 2 heterocycles. The number of anilines is 2. The molecular weight excluding hydrogens is 444 g/mol. The lowest BCUT2D eigenvalue weighted by molar-refractivity contribution is -0.117. The second-order valence-corrected chi connectivity index (χ2v) is 8.67. The molecular formula is C22H20N6O2S2. The molecule has 0 fully saturated rings. The van der Waals surface area contributed by atoms with Crippen molar-refractivity contribution in [2.45, 2.75) is 13.5 Å². The van der Waals surface area contributed by atoms with Crippen molar-refractivity contribution in [2.75, 3.05) is 17.6 Å². The van der Waals surface area contributed by atoms with Gasteiger partial charge in [-0.2, -0.15) is 0 Å². The van der Waals surface area contributed by atoms with Crippen LogP contribution >= 0.6 is 22.9 Å². The lowest BCUT2D eigenvalue weighted by Crippen LogP contribution is -2.37. The maximum Gasteiger partial charge on any atom is 0.268 e. The van der Waals surface area contributed by atoms with Gasteiger partial charge in [0.25, 0.3) is 5.91 Å². The van der Waals surface area contributed by atoms with E-state index in [2.05, 4.69) is 19.9 Å². The summed E-state index contributed by atoms with van der Waals surface area (Å²) in [5.74, 6) is -0.567. The number of rotatable bonds is 7. The van der Waals surface area contributed by atoms with Crippen molar-refractivity contribution < 1.29 is 9.59 Å². The van der Waals surface area contributed by atoms with Gasteiger partial charge in [0, 0.05) is 23.2 Å². The van der Waals surface area contributed by atoms with E-state index in [1.165, 1.54) is 16.2 Å². The van der Waals surface area contributed by atoms with Gasteiger partial charge in [-0.05, 0) is 36.2 Å². The van der Waals surface area contributed by atoms with Gasteiger partial charge in [-0.25, -0.2) is 4.98 Å². The van der Waals surface area contributed by atoms with Crippen molar-refractivity contribution in [3.63, 3.8) is 0 Å². The van der Waals surface area contributed by atoms with Gasteiger partial charge in [0.2, 0.25) is 5.91 Å². The van der Waals surface area contributed by atoms with Gasteiger partial charge in [-0.15, -0.1) is 16.4 Å². The highest BCUT2D eigenvalue weighted by atomic mass is 32.1. The maximum atomic E-state index is 13.1. The van der Waals surface area contributed by atoms with Gasteiger partial charge in [-0.1, -0.05) is 47.0 Å². The van der Waals surface area contributed by atoms with E-state index in [1.807, 2.05) is 47.8 Å². The Morgan fingerprint density at radius 1 is 1.09 bits per heavy atom. The minimum atomic E-state index is -0.296. The summed E-state index contributed by atoms with van der Waals surface area (Å²) < 4.78 is 3.85. The molecule has 0 aliphatic carbocycles. The highest BCUT2D eigenvalue weighted by Gasteiger charge is 2.23. The van der Waals surface area contributed by atoms with Crippen LogP contribution in [0.1, 0.15) is 20.9 Å². The molecule has 32 heavy (non-hydrogen) atoms. The standard InChI is InChI=1S/C22H20N6O2S2/c1-14-20(32-27-26-14)21(30)28(11-15-5-3-2-4-6-15)12-19(29)24-17-9-7-16(8-10-17)18-13-31-22(23)25-18/h2-10,13H,11-12H2,1H3,(H2,23,25)(H,24,29). The van der Waals surface area contributed by atoms with Gasteiger partial charge < -0.3 is 16.0 Å². The molecule has 10 heteroatoms. The molecule has 2 aromatic heterocycles. The summed E-state index contributed by atoms with van der Waals surface area (Å²) in [4.78, 5) is 32.0. The molecule has 2 aromatic carbocycles. The van der Waals surface area contributed by atoms with Crippen molar-refractivity contribution in [3.05, 3.63) is 76.1 Å². The number of hydrogen-bond donors (Lipinski definition) is 2. The van der Waals surface area contributed by atoms with Crippen LogP contribution in [0, 0.1) is 6.92 Å². The predicted octanol–water partition coefficient (Wildman–Crippen LogP) is 3.83. The Hall–Kier alpha value is -3.63. The lowest BCUT2D eigenvalue weighted by Gasteiger charge is -2.22. The van der Waals surface area contributed by atoms with Crippen molar-refractivity contribution in [1.29, 1.82) is 0 Å². The first-order valence-electron chi connectivity index (χ1n) is 9.73. The van der Waals surface area contributed by atoms with E-state index in [-0.39, 0.29) is 18.4 Å². The third-order valence-corrected chi connectivity index (χ3v) is 6.16. The van der Waals surface area contributed by atoms with E-state index < -0.39 is 0 Å². The van der Waals surface area contributed by atoms with Crippen molar-refractivity contribution in [1.82, 2.24) is 19.5 Å². The van der Waals surface area contributed by atoms with Crippen LogP contribution in [0.3, 0.4) is 0 Å². The number of aromatic nitrogens is 3. The summed E-state index contributed by atoms with van der Waals surface area (Å²) in [6.07, 6.45) is 0.